The number of methoxy groups -OCH3 is 1. The smallest absolute Gasteiger partial charge is 0.314 e. The van der Waals surface area contributed by atoms with Crippen LogP contribution in [0.3, 0.4) is 0 Å². The fourth-order valence-electron chi connectivity index (χ4n) is 3.45. The van der Waals surface area contributed by atoms with Crippen LogP contribution in [0.5, 0.6) is 11.5 Å². The zero-order valence-corrected chi connectivity index (χ0v) is 15.3. The maximum Gasteiger partial charge on any atom is 0.314 e. The molecule has 0 bridgehead atoms. The van der Waals surface area contributed by atoms with Gasteiger partial charge in [0.05, 0.1) is 12.5 Å². The number of ether oxygens (including phenoxy) is 2. The summed E-state index contributed by atoms with van der Waals surface area (Å²) in [6.07, 6.45) is 0.772. The molecule has 0 aromatic heterocycles. The van der Waals surface area contributed by atoms with Gasteiger partial charge in [-0.15, -0.1) is 0 Å². The molecule has 1 amide bonds. The highest BCUT2D eigenvalue weighted by atomic mass is 16.5. The van der Waals surface area contributed by atoms with E-state index in [0.717, 1.165) is 5.56 Å². The first-order valence-electron chi connectivity index (χ1n) is 8.89. The van der Waals surface area contributed by atoms with Crippen molar-refractivity contribution in [2.24, 2.45) is 0 Å². The minimum atomic E-state index is -0.939. The molecular weight excluding hydrogens is 346 g/mol. The van der Waals surface area contributed by atoms with Gasteiger partial charge >= 0.3 is 5.97 Å². The summed E-state index contributed by atoms with van der Waals surface area (Å²) < 4.78 is 10.7. The largest absolute Gasteiger partial charge is 0.497 e. The van der Waals surface area contributed by atoms with E-state index in [1.165, 1.54) is 0 Å². The van der Waals surface area contributed by atoms with E-state index >= 15 is 0 Å². The van der Waals surface area contributed by atoms with Gasteiger partial charge in [0.2, 0.25) is 0 Å². The van der Waals surface area contributed by atoms with E-state index in [9.17, 15) is 14.7 Å². The lowest BCUT2D eigenvalue weighted by molar-refractivity contribution is -0.148. The first kappa shape index (κ1) is 18.8. The molecule has 6 nitrogen and oxygen atoms in total. The van der Waals surface area contributed by atoms with Crippen LogP contribution in [0.2, 0.25) is 0 Å². The van der Waals surface area contributed by atoms with E-state index < -0.39 is 11.4 Å². The van der Waals surface area contributed by atoms with Crippen molar-refractivity contribution in [3.8, 4) is 11.5 Å². The summed E-state index contributed by atoms with van der Waals surface area (Å²) in [5.41, 5.74) is -0.150. The Bertz CT molecular complexity index is 797. The third kappa shape index (κ3) is 4.05. The molecule has 0 spiro atoms. The van der Waals surface area contributed by atoms with Crippen molar-refractivity contribution in [3.05, 3.63) is 60.2 Å². The third-order valence-corrected chi connectivity index (χ3v) is 5.11. The molecule has 1 saturated heterocycles. The molecule has 142 valence electrons. The van der Waals surface area contributed by atoms with Gasteiger partial charge in [-0.05, 0) is 30.5 Å². The number of carbonyl (C=O) groups is 2. The van der Waals surface area contributed by atoms with Gasteiger partial charge in [-0.2, -0.15) is 0 Å². The second-order valence-corrected chi connectivity index (χ2v) is 6.60. The van der Waals surface area contributed by atoms with Crippen molar-refractivity contribution in [2.45, 2.75) is 18.3 Å². The summed E-state index contributed by atoms with van der Waals surface area (Å²) >= 11 is 0. The zero-order valence-electron chi connectivity index (χ0n) is 15.3. The monoisotopic (exact) mass is 369 g/mol. The van der Waals surface area contributed by atoms with Crippen LogP contribution < -0.4 is 9.47 Å². The molecule has 0 saturated carbocycles. The molecule has 1 aliphatic rings. The molecule has 0 atom stereocenters. The van der Waals surface area contributed by atoms with E-state index in [-0.39, 0.29) is 12.5 Å². The Labute approximate surface area is 158 Å². The predicted octanol–water partition coefficient (Wildman–Crippen LogP) is 2.72. The van der Waals surface area contributed by atoms with Gasteiger partial charge in [-0.3, -0.25) is 9.59 Å². The molecule has 2 aromatic carbocycles. The molecule has 0 unspecified atom stereocenters. The number of hydrogen-bond donors (Lipinski definition) is 1. The van der Waals surface area contributed by atoms with E-state index in [4.69, 9.17) is 9.47 Å². The summed E-state index contributed by atoms with van der Waals surface area (Å²) in [4.78, 5) is 26.1. The first-order chi connectivity index (χ1) is 13.0. The molecule has 1 fully saturated rings. The van der Waals surface area contributed by atoms with Gasteiger partial charge in [-0.25, -0.2) is 0 Å². The molecule has 27 heavy (non-hydrogen) atoms. The molecule has 6 heteroatoms. The SMILES string of the molecule is COc1cccc(OCC(=O)N2CCC(C(=O)O)(c3ccccc3)CC2)c1. The number of likely N-dealkylation sites (tertiary alicyclic amines) is 1. The summed E-state index contributed by atoms with van der Waals surface area (Å²) in [5, 5.41) is 9.83. The average Bonchev–Trinajstić information content (AvgIpc) is 2.72. The molecule has 2 aromatic rings. The van der Waals surface area contributed by atoms with Crippen molar-refractivity contribution >= 4 is 11.9 Å². The van der Waals surface area contributed by atoms with Gasteiger partial charge in [0.1, 0.15) is 11.5 Å². The van der Waals surface area contributed by atoms with Gasteiger partial charge in [-0.1, -0.05) is 36.4 Å². The lowest BCUT2D eigenvalue weighted by atomic mass is 9.73. The molecule has 1 aliphatic heterocycles. The molecule has 1 heterocycles. The summed E-state index contributed by atoms with van der Waals surface area (Å²) in [6, 6.07) is 16.3. The summed E-state index contributed by atoms with van der Waals surface area (Å²) in [6.45, 7) is 0.696. The van der Waals surface area contributed by atoms with Crippen LogP contribution in [-0.2, 0) is 15.0 Å². The first-order valence-corrected chi connectivity index (χ1v) is 8.89. The van der Waals surface area contributed by atoms with Gasteiger partial charge in [0.25, 0.3) is 5.91 Å². The Morgan fingerprint density at radius 1 is 1.04 bits per heavy atom. The minimum absolute atomic E-state index is 0.0847. The maximum absolute atomic E-state index is 12.5. The van der Waals surface area contributed by atoms with Crippen LogP contribution in [0.15, 0.2) is 54.6 Å². The van der Waals surface area contributed by atoms with Crippen LogP contribution in [0, 0.1) is 0 Å². The van der Waals surface area contributed by atoms with Crippen LogP contribution in [0.1, 0.15) is 18.4 Å². The summed E-state index contributed by atoms with van der Waals surface area (Å²) in [7, 11) is 1.57. The van der Waals surface area contributed by atoms with Crippen molar-refractivity contribution < 1.29 is 24.2 Å². The molecule has 3 rings (SSSR count). The number of piperidine rings is 1. The van der Waals surface area contributed by atoms with Crippen molar-refractivity contribution in [1.29, 1.82) is 0 Å². The Morgan fingerprint density at radius 3 is 2.33 bits per heavy atom. The normalized spacial score (nSPS) is 15.8. The Morgan fingerprint density at radius 2 is 1.70 bits per heavy atom. The highest BCUT2D eigenvalue weighted by molar-refractivity contribution is 5.83. The lowest BCUT2D eigenvalue weighted by Gasteiger charge is -2.39. The second-order valence-electron chi connectivity index (χ2n) is 6.60. The molecule has 0 radical (unpaired) electrons. The number of carboxylic acid groups (broad SMARTS) is 1. The van der Waals surface area contributed by atoms with E-state index in [2.05, 4.69) is 0 Å². The van der Waals surface area contributed by atoms with E-state index in [1.807, 2.05) is 30.3 Å². The second kappa shape index (κ2) is 8.12. The average molecular weight is 369 g/mol. The number of nitrogens with zero attached hydrogens (tertiary/aromatic N) is 1. The number of amides is 1. The third-order valence-electron chi connectivity index (χ3n) is 5.11. The van der Waals surface area contributed by atoms with Gasteiger partial charge in [0, 0.05) is 19.2 Å². The zero-order chi connectivity index (χ0) is 19.3. The number of carbonyl (C=O) groups excluding carboxylic acids is 1. The number of rotatable bonds is 6. The Kier molecular flexibility index (Phi) is 5.64. The standard InChI is InChI=1S/C21H23NO5/c1-26-17-8-5-9-18(14-17)27-15-19(23)22-12-10-21(11-13-22,20(24)25)16-6-3-2-4-7-16/h2-9,14H,10-13,15H2,1H3,(H,24,25). The molecule has 1 N–H and O–H groups in total. The highest BCUT2D eigenvalue weighted by Gasteiger charge is 2.43. The van der Waals surface area contributed by atoms with Crippen LogP contribution in [0.25, 0.3) is 0 Å². The van der Waals surface area contributed by atoms with Crippen molar-refractivity contribution in [3.63, 3.8) is 0 Å². The number of carboxylic acids is 1. The van der Waals surface area contributed by atoms with Crippen LogP contribution >= 0.6 is 0 Å². The topological polar surface area (TPSA) is 76.1 Å². The van der Waals surface area contributed by atoms with Crippen molar-refractivity contribution in [1.82, 2.24) is 4.90 Å². The molecular formula is C21H23NO5. The quantitative estimate of drug-likeness (QED) is 0.847. The van der Waals surface area contributed by atoms with Crippen molar-refractivity contribution in [2.75, 3.05) is 26.8 Å². The highest BCUT2D eigenvalue weighted by Crippen LogP contribution is 2.36. The van der Waals surface area contributed by atoms with Gasteiger partial charge in [0.15, 0.2) is 6.61 Å². The minimum Gasteiger partial charge on any atom is -0.497 e. The van der Waals surface area contributed by atoms with Crippen LogP contribution in [-0.4, -0.2) is 48.7 Å². The number of hydrogen-bond acceptors (Lipinski definition) is 4. The fourth-order valence-corrected chi connectivity index (χ4v) is 3.45. The maximum atomic E-state index is 12.5. The Hall–Kier alpha value is -3.02. The predicted molar refractivity (Wildman–Crippen MR) is 100 cm³/mol. The van der Waals surface area contributed by atoms with Gasteiger partial charge < -0.3 is 19.5 Å². The number of aliphatic carboxylic acids is 1. The van der Waals surface area contributed by atoms with Crippen LogP contribution in [0.4, 0.5) is 0 Å². The van der Waals surface area contributed by atoms with E-state index in [0.29, 0.717) is 37.4 Å². The summed E-state index contributed by atoms with van der Waals surface area (Å²) in [5.74, 6) is 0.231. The lowest BCUT2D eigenvalue weighted by Crippen LogP contribution is -2.50. The van der Waals surface area contributed by atoms with E-state index in [1.54, 1.807) is 36.3 Å². The molecule has 0 aliphatic carbocycles. The Balaban J connectivity index is 1.60. The fraction of sp³-hybridized carbons (Fsp3) is 0.333. The number of benzene rings is 2.